The molecule has 1 atom stereocenters. The number of carbonyl (C=O) groups is 1. The quantitative estimate of drug-likeness (QED) is 0.777. The molecule has 17 heavy (non-hydrogen) atoms. The van der Waals surface area contributed by atoms with Gasteiger partial charge in [-0.1, -0.05) is 11.6 Å². The molecule has 1 N–H and O–H groups in total. The number of hydrogen-bond acceptors (Lipinski definition) is 2. The number of alkyl halides is 3. The van der Waals surface area contributed by atoms with Crippen molar-refractivity contribution in [2.24, 2.45) is 0 Å². The molecule has 1 aliphatic rings. The Morgan fingerprint density at radius 3 is 2.65 bits per heavy atom. The number of carbonyl (C=O) groups excluding carboxylic acids is 1. The average molecular weight is 266 g/mol. The molecular weight excluding hydrogens is 259 g/mol. The van der Waals surface area contributed by atoms with Gasteiger partial charge in [0.1, 0.15) is 0 Å². The van der Waals surface area contributed by atoms with Gasteiger partial charge in [0, 0.05) is 10.6 Å². The molecule has 92 valence electrons. The second-order valence-corrected chi connectivity index (χ2v) is 4.17. The number of hydrogen-bond donors (Lipinski definition) is 1. The first-order chi connectivity index (χ1) is 7.74. The molecule has 1 amide bonds. The SMILES string of the molecule is C[C@]1(C(F)(F)F)OC(=O)Nc2ccc(Cl)cc21. The van der Waals surface area contributed by atoms with Crippen molar-refractivity contribution in [2.45, 2.75) is 18.7 Å². The van der Waals surface area contributed by atoms with E-state index >= 15 is 0 Å². The van der Waals surface area contributed by atoms with E-state index in [1.165, 1.54) is 12.1 Å². The Balaban J connectivity index is 2.65. The number of amides is 1. The van der Waals surface area contributed by atoms with Crippen LogP contribution in [0.1, 0.15) is 12.5 Å². The van der Waals surface area contributed by atoms with E-state index < -0.39 is 17.9 Å². The van der Waals surface area contributed by atoms with Crippen LogP contribution >= 0.6 is 11.6 Å². The average Bonchev–Trinajstić information content (AvgIpc) is 2.17. The van der Waals surface area contributed by atoms with Crippen LogP contribution in [0, 0.1) is 0 Å². The summed E-state index contributed by atoms with van der Waals surface area (Å²) in [6.45, 7) is 0.793. The first-order valence-electron chi connectivity index (χ1n) is 4.61. The number of nitrogens with one attached hydrogen (secondary N) is 1. The third kappa shape index (κ3) is 1.82. The van der Waals surface area contributed by atoms with Crippen molar-refractivity contribution in [3.8, 4) is 0 Å². The third-order valence-corrected chi connectivity index (χ3v) is 2.81. The minimum absolute atomic E-state index is 0.0467. The minimum atomic E-state index is -4.72. The summed E-state index contributed by atoms with van der Waals surface area (Å²) in [7, 11) is 0. The largest absolute Gasteiger partial charge is 0.432 e. The van der Waals surface area contributed by atoms with Crippen LogP contribution in [0.5, 0.6) is 0 Å². The number of fused-ring (bicyclic) bond motifs is 1. The highest BCUT2D eigenvalue weighted by molar-refractivity contribution is 6.30. The van der Waals surface area contributed by atoms with Gasteiger partial charge in [0.05, 0.1) is 5.69 Å². The standard InChI is InChI=1S/C10H7ClF3NO2/c1-9(10(12,13)14)6-4-5(11)2-3-7(6)15-8(16)17-9/h2-4H,1H3,(H,15,16)/t9-/m0/s1. The number of halogens is 4. The highest BCUT2D eigenvalue weighted by Crippen LogP contribution is 2.47. The molecule has 0 spiro atoms. The highest BCUT2D eigenvalue weighted by atomic mass is 35.5. The topological polar surface area (TPSA) is 38.3 Å². The molecule has 1 aliphatic heterocycles. The Labute approximate surface area is 99.5 Å². The first-order valence-corrected chi connectivity index (χ1v) is 4.98. The second kappa shape index (κ2) is 3.53. The lowest BCUT2D eigenvalue weighted by atomic mass is 9.92. The molecule has 3 nitrogen and oxygen atoms in total. The van der Waals surface area contributed by atoms with E-state index in [2.05, 4.69) is 10.1 Å². The zero-order chi connectivity index (χ0) is 12.8. The van der Waals surface area contributed by atoms with Crippen LogP contribution in [-0.2, 0) is 10.3 Å². The van der Waals surface area contributed by atoms with Gasteiger partial charge in [-0.3, -0.25) is 5.32 Å². The van der Waals surface area contributed by atoms with E-state index in [0.29, 0.717) is 0 Å². The van der Waals surface area contributed by atoms with Crippen molar-refractivity contribution in [3.63, 3.8) is 0 Å². The van der Waals surface area contributed by atoms with Crippen LogP contribution in [0.2, 0.25) is 5.02 Å². The van der Waals surface area contributed by atoms with Crippen LogP contribution in [0.25, 0.3) is 0 Å². The van der Waals surface area contributed by atoms with E-state index in [-0.39, 0.29) is 16.3 Å². The molecular formula is C10H7ClF3NO2. The highest BCUT2D eigenvalue weighted by Gasteiger charge is 2.58. The molecule has 0 bridgehead atoms. The fraction of sp³-hybridized carbons (Fsp3) is 0.300. The van der Waals surface area contributed by atoms with Crippen molar-refractivity contribution in [3.05, 3.63) is 28.8 Å². The molecule has 7 heteroatoms. The molecule has 0 radical (unpaired) electrons. The van der Waals surface area contributed by atoms with Gasteiger partial charge >= 0.3 is 12.3 Å². The lowest BCUT2D eigenvalue weighted by Crippen LogP contribution is -2.47. The zero-order valence-electron chi connectivity index (χ0n) is 8.56. The van der Waals surface area contributed by atoms with Crippen LogP contribution in [0.3, 0.4) is 0 Å². The number of ether oxygens (including phenoxy) is 1. The van der Waals surface area contributed by atoms with Gasteiger partial charge in [-0.15, -0.1) is 0 Å². The summed E-state index contributed by atoms with van der Waals surface area (Å²) >= 11 is 5.65. The molecule has 0 saturated heterocycles. The van der Waals surface area contributed by atoms with E-state index in [1.54, 1.807) is 0 Å². The third-order valence-electron chi connectivity index (χ3n) is 2.57. The van der Waals surface area contributed by atoms with Crippen LogP contribution in [0.15, 0.2) is 18.2 Å². The van der Waals surface area contributed by atoms with Crippen molar-refractivity contribution in [1.29, 1.82) is 0 Å². The molecule has 0 unspecified atom stereocenters. The lowest BCUT2D eigenvalue weighted by molar-refractivity contribution is -0.257. The summed E-state index contributed by atoms with van der Waals surface area (Å²) in [5.74, 6) is 0. The first kappa shape index (κ1) is 12.0. The normalized spacial score (nSPS) is 23.7. The molecule has 0 saturated carbocycles. The Kier molecular flexibility index (Phi) is 2.50. The zero-order valence-corrected chi connectivity index (χ0v) is 9.32. The van der Waals surface area contributed by atoms with Gasteiger partial charge in [0.15, 0.2) is 0 Å². The van der Waals surface area contributed by atoms with Crippen molar-refractivity contribution in [2.75, 3.05) is 5.32 Å². The van der Waals surface area contributed by atoms with E-state index in [9.17, 15) is 18.0 Å². The fourth-order valence-electron chi connectivity index (χ4n) is 1.61. The minimum Gasteiger partial charge on any atom is -0.428 e. The second-order valence-electron chi connectivity index (χ2n) is 3.74. The Morgan fingerprint density at radius 2 is 2.06 bits per heavy atom. The summed E-state index contributed by atoms with van der Waals surface area (Å²) < 4.78 is 43.3. The van der Waals surface area contributed by atoms with Gasteiger partial charge in [-0.25, -0.2) is 4.79 Å². The Bertz CT molecular complexity index is 489. The smallest absolute Gasteiger partial charge is 0.428 e. The molecule has 1 aromatic rings. The maximum Gasteiger partial charge on any atom is 0.432 e. The number of anilines is 1. The van der Waals surface area contributed by atoms with Crippen LogP contribution < -0.4 is 5.32 Å². The molecule has 1 heterocycles. The Morgan fingerprint density at radius 1 is 1.41 bits per heavy atom. The molecule has 2 rings (SSSR count). The van der Waals surface area contributed by atoms with Crippen LogP contribution in [0.4, 0.5) is 23.7 Å². The summed E-state index contributed by atoms with van der Waals surface area (Å²) in [4.78, 5) is 11.1. The van der Waals surface area contributed by atoms with Crippen molar-refractivity contribution < 1.29 is 22.7 Å². The number of cyclic esters (lactones) is 1. The van der Waals surface area contributed by atoms with E-state index in [1.807, 2.05) is 0 Å². The predicted molar refractivity (Wildman–Crippen MR) is 55.0 cm³/mol. The summed E-state index contributed by atoms with van der Waals surface area (Å²) in [5.41, 5.74) is -2.85. The molecule has 0 fully saturated rings. The van der Waals surface area contributed by atoms with Crippen molar-refractivity contribution in [1.82, 2.24) is 0 Å². The predicted octanol–water partition coefficient (Wildman–Crippen LogP) is 3.68. The number of rotatable bonds is 0. The summed E-state index contributed by atoms with van der Waals surface area (Å²) in [5, 5.41) is 2.33. The molecule has 0 aliphatic carbocycles. The van der Waals surface area contributed by atoms with Crippen molar-refractivity contribution >= 4 is 23.4 Å². The van der Waals surface area contributed by atoms with Gasteiger partial charge in [-0.05, 0) is 25.1 Å². The number of benzene rings is 1. The monoisotopic (exact) mass is 265 g/mol. The fourth-order valence-corrected chi connectivity index (χ4v) is 1.78. The maximum atomic E-state index is 13.0. The maximum absolute atomic E-state index is 13.0. The van der Waals surface area contributed by atoms with Gasteiger partial charge in [0.2, 0.25) is 5.60 Å². The van der Waals surface area contributed by atoms with Gasteiger partial charge in [-0.2, -0.15) is 13.2 Å². The lowest BCUT2D eigenvalue weighted by Gasteiger charge is -2.36. The summed E-state index contributed by atoms with van der Waals surface area (Å²) in [6.07, 6.45) is -5.86. The molecule has 0 aromatic heterocycles. The Hall–Kier alpha value is -1.43. The summed E-state index contributed by atoms with van der Waals surface area (Å²) in [6, 6.07) is 3.83. The van der Waals surface area contributed by atoms with E-state index in [4.69, 9.17) is 11.6 Å². The van der Waals surface area contributed by atoms with Crippen LogP contribution in [-0.4, -0.2) is 12.3 Å². The van der Waals surface area contributed by atoms with Gasteiger partial charge in [0.25, 0.3) is 0 Å². The van der Waals surface area contributed by atoms with E-state index in [0.717, 1.165) is 13.0 Å². The molecule has 1 aromatic carbocycles. The van der Waals surface area contributed by atoms with Gasteiger partial charge < -0.3 is 4.74 Å².